The van der Waals surface area contributed by atoms with E-state index >= 15 is 0 Å². The van der Waals surface area contributed by atoms with E-state index in [1.54, 1.807) is 0 Å². The number of anilines is 1. The summed E-state index contributed by atoms with van der Waals surface area (Å²) < 4.78 is 2.32. The van der Waals surface area contributed by atoms with E-state index < -0.39 is 0 Å². The first-order valence-corrected chi connectivity index (χ1v) is 10.3. The number of rotatable bonds is 7. The third-order valence-electron chi connectivity index (χ3n) is 5.56. The largest absolute Gasteiger partial charge is 0.354 e. The van der Waals surface area contributed by atoms with Gasteiger partial charge in [0.05, 0.1) is 17.6 Å². The fourth-order valence-corrected chi connectivity index (χ4v) is 3.97. The highest BCUT2D eigenvalue weighted by atomic mass is 15.2. The number of likely N-dealkylation sites (tertiary alicyclic amines) is 1. The molecule has 0 atom stereocenters. The van der Waals surface area contributed by atoms with Gasteiger partial charge in [-0.15, -0.1) is 0 Å². The molecule has 1 aliphatic heterocycles. The highest BCUT2D eigenvalue weighted by Gasteiger charge is 2.13. The number of nitrogens with zero attached hydrogens (tertiary/aromatic N) is 3. The fourth-order valence-electron chi connectivity index (χ4n) is 3.97. The maximum absolute atomic E-state index is 4.93. The van der Waals surface area contributed by atoms with Crippen LogP contribution < -0.4 is 5.32 Å². The summed E-state index contributed by atoms with van der Waals surface area (Å²) in [4.78, 5) is 7.50. The molecule has 142 valence electrons. The predicted molar refractivity (Wildman–Crippen MR) is 113 cm³/mol. The van der Waals surface area contributed by atoms with Crippen molar-refractivity contribution >= 4 is 17.0 Å². The molecule has 4 heteroatoms. The highest BCUT2D eigenvalue weighted by molar-refractivity contribution is 5.79. The van der Waals surface area contributed by atoms with Crippen molar-refractivity contribution < 1.29 is 0 Å². The molecular formula is C23H30N4. The lowest BCUT2D eigenvalue weighted by atomic mass is 10.1. The molecule has 4 rings (SSSR count). The first kappa shape index (κ1) is 18.1. The maximum atomic E-state index is 4.93. The average molecular weight is 363 g/mol. The zero-order valence-electron chi connectivity index (χ0n) is 16.3. The molecule has 2 aromatic carbocycles. The van der Waals surface area contributed by atoms with Crippen LogP contribution in [0.3, 0.4) is 0 Å². The van der Waals surface area contributed by atoms with Gasteiger partial charge in [-0.2, -0.15) is 0 Å². The molecule has 0 saturated carbocycles. The Morgan fingerprint density at radius 1 is 0.963 bits per heavy atom. The van der Waals surface area contributed by atoms with Crippen molar-refractivity contribution in [3.63, 3.8) is 0 Å². The lowest BCUT2D eigenvalue weighted by Crippen LogP contribution is -2.34. The van der Waals surface area contributed by atoms with E-state index in [1.807, 2.05) is 0 Å². The molecule has 1 saturated heterocycles. The number of aryl methyl sites for hydroxylation is 1. The molecule has 1 aliphatic rings. The number of benzene rings is 2. The van der Waals surface area contributed by atoms with Crippen LogP contribution in [0.15, 0.2) is 48.5 Å². The Labute approximate surface area is 162 Å². The van der Waals surface area contributed by atoms with Crippen LogP contribution in [0.25, 0.3) is 11.0 Å². The minimum atomic E-state index is 0.842. The zero-order chi connectivity index (χ0) is 18.5. The smallest absolute Gasteiger partial charge is 0.204 e. The number of imidazole rings is 1. The van der Waals surface area contributed by atoms with Gasteiger partial charge in [-0.1, -0.05) is 49.7 Å². The summed E-state index contributed by atoms with van der Waals surface area (Å²) in [5, 5.41) is 3.62. The van der Waals surface area contributed by atoms with E-state index in [0.717, 1.165) is 37.5 Å². The lowest BCUT2D eigenvalue weighted by Gasteiger charge is -2.26. The fraction of sp³-hybridized carbons (Fsp3) is 0.435. The van der Waals surface area contributed by atoms with Crippen molar-refractivity contribution in [2.24, 2.45) is 0 Å². The van der Waals surface area contributed by atoms with Gasteiger partial charge in [0.1, 0.15) is 0 Å². The van der Waals surface area contributed by atoms with Gasteiger partial charge in [-0.25, -0.2) is 4.98 Å². The van der Waals surface area contributed by atoms with Gasteiger partial charge in [0.2, 0.25) is 5.95 Å². The molecule has 0 aliphatic carbocycles. The molecule has 0 radical (unpaired) electrons. The second-order valence-corrected chi connectivity index (χ2v) is 7.51. The molecule has 2 heterocycles. The van der Waals surface area contributed by atoms with Gasteiger partial charge in [0.15, 0.2) is 0 Å². The Morgan fingerprint density at radius 3 is 2.56 bits per heavy atom. The van der Waals surface area contributed by atoms with E-state index in [9.17, 15) is 0 Å². The van der Waals surface area contributed by atoms with E-state index in [0.29, 0.717) is 0 Å². The molecule has 0 unspecified atom stereocenters. The van der Waals surface area contributed by atoms with Crippen LogP contribution in [-0.4, -0.2) is 40.6 Å². The normalized spacial score (nSPS) is 15.3. The summed E-state index contributed by atoms with van der Waals surface area (Å²) in [6, 6.07) is 17.3. The topological polar surface area (TPSA) is 33.1 Å². The standard InChI is InChI=1S/C23H30N4/c1-2-19-11-12-22-21(17-19)25-23(24-13-16-26-14-7-4-8-15-26)27(22)18-20-9-5-3-6-10-20/h3,5-6,9-12,17H,2,4,7-8,13-16,18H2,1H3,(H,24,25). The van der Waals surface area contributed by atoms with Gasteiger partial charge in [-0.05, 0) is 55.6 Å². The number of nitrogens with one attached hydrogen (secondary N) is 1. The molecule has 1 fully saturated rings. The van der Waals surface area contributed by atoms with Gasteiger partial charge in [-0.3, -0.25) is 0 Å². The van der Waals surface area contributed by atoms with Crippen LogP contribution in [0.1, 0.15) is 37.3 Å². The van der Waals surface area contributed by atoms with Crippen molar-refractivity contribution in [2.45, 2.75) is 39.2 Å². The molecule has 1 N–H and O–H groups in total. The molecule has 0 spiro atoms. The Bertz CT molecular complexity index is 863. The predicted octanol–water partition coefficient (Wildman–Crippen LogP) is 4.54. The van der Waals surface area contributed by atoms with Crippen molar-refractivity contribution in [2.75, 3.05) is 31.5 Å². The van der Waals surface area contributed by atoms with Crippen LogP contribution in [0.2, 0.25) is 0 Å². The van der Waals surface area contributed by atoms with Gasteiger partial charge >= 0.3 is 0 Å². The molecule has 27 heavy (non-hydrogen) atoms. The Hall–Kier alpha value is -2.33. The van der Waals surface area contributed by atoms with E-state index in [4.69, 9.17) is 4.98 Å². The van der Waals surface area contributed by atoms with Crippen LogP contribution in [0.5, 0.6) is 0 Å². The Kier molecular flexibility index (Phi) is 5.73. The van der Waals surface area contributed by atoms with Crippen molar-refractivity contribution in [1.82, 2.24) is 14.5 Å². The van der Waals surface area contributed by atoms with Crippen molar-refractivity contribution in [1.29, 1.82) is 0 Å². The van der Waals surface area contributed by atoms with Crippen LogP contribution in [0.4, 0.5) is 5.95 Å². The number of aromatic nitrogens is 2. The third-order valence-corrected chi connectivity index (χ3v) is 5.56. The monoisotopic (exact) mass is 362 g/mol. The molecule has 0 amide bonds. The second-order valence-electron chi connectivity index (χ2n) is 7.51. The minimum Gasteiger partial charge on any atom is -0.354 e. The summed E-state index contributed by atoms with van der Waals surface area (Å²) >= 11 is 0. The van der Waals surface area contributed by atoms with Gasteiger partial charge in [0, 0.05) is 13.1 Å². The van der Waals surface area contributed by atoms with Crippen molar-refractivity contribution in [3.8, 4) is 0 Å². The summed E-state index contributed by atoms with van der Waals surface area (Å²) in [5.74, 6) is 0.985. The summed E-state index contributed by atoms with van der Waals surface area (Å²) in [5.41, 5.74) is 4.93. The molecule has 3 aromatic rings. The quantitative estimate of drug-likeness (QED) is 0.670. The number of hydrogen-bond donors (Lipinski definition) is 1. The van der Waals surface area contributed by atoms with Crippen LogP contribution >= 0.6 is 0 Å². The summed E-state index contributed by atoms with van der Waals surface area (Å²) in [7, 11) is 0. The van der Waals surface area contributed by atoms with Gasteiger partial charge < -0.3 is 14.8 Å². The van der Waals surface area contributed by atoms with E-state index in [1.165, 1.54) is 49.0 Å². The second kappa shape index (κ2) is 8.57. The number of hydrogen-bond acceptors (Lipinski definition) is 3. The number of fused-ring (bicyclic) bond motifs is 1. The first-order valence-electron chi connectivity index (χ1n) is 10.3. The molecule has 0 bridgehead atoms. The first-order chi connectivity index (χ1) is 13.3. The number of piperidine rings is 1. The molecule has 4 nitrogen and oxygen atoms in total. The van der Waals surface area contributed by atoms with Crippen LogP contribution in [-0.2, 0) is 13.0 Å². The highest BCUT2D eigenvalue weighted by Crippen LogP contribution is 2.23. The minimum absolute atomic E-state index is 0.842. The summed E-state index contributed by atoms with van der Waals surface area (Å²) in [6.07, 6.45) is 5.11. The SMILES string of the molecule is CCc1ccc2c(c1)nc(NCCN1CCCCC1)n2Cc1ccccc1. The van der Waals surface area contributed by atoms with E-state index in [-0.39, 0.29) is 0 Å². The van der Waals surface area contributed by atoms with Crippen LogP contribution in [0, 0.1) is 0 Å². The Morgan fingerprint density at radius 2 is 1.78 bits per heavy atom. The Balaban J connectivity index is 1.56. The summed E-state index contributed by atoms with van der Waals surface area (Å²) in [6.45, 7) is 7.55. The van der Waals surface area contributed by atoms with Crippen molar-refractivity contribution in [3.05, 3.63) is 59.7 Å². The lowest BCUT2D eigenvalue weighted by molar-refractivity contribution is 0.237. The zero-order valence-corrected chi connectivity index (χ0v) is 16.3. The third kappa shape index (κ3) is 4.33. The molecular weight excluding hydrogens is 332 g/mol. The molecule has 1 aromatic heterocycles. The van der Waals surface area contributed by atoms with Gasteiger partial charge in [0.25, 0.3) is 0 Å². The maximum Gasteiger partial charge on any atom is 0.204 e. The van der Waals surface area contributed by atoms with E-state index in [2.05, 4.69) is 70.2 Å². The average Bonchev–Trinajstić information content (AvgIpc) is 3.06.